The standard InChI is InChI=1S/C17H20N2O3/c1-21-14-7-8-15(16(11-14)22-2)19-17(20)9-6-12-4-3-5-13(18)10-12/h3-5,7-8,10-11H,6,9,18H2,1-2H3,(H,19,20). The largest absolute Gasteiger partial charge is 0.497 e. The van der Waals surface area contributed by atoms with Crippen LogP contribution in [0.5, 0.6) is 11.5 Å². The van der Waals surface area contributed by atoms with Gasteiger partial charge in [-0.2, -0.15) is 0 Å². The van der Waals surface area contributed by atoms with E-state index < -0.39 is 0 Å². The number of rotatable bonds is 6. The molecule has 0 spiro atoms. The zero-order chi connectivity index (χ0) is 15.9. The highest BCUT2D eigenvalue weighted by Gasteiger charge is 2.09. The smallest absolute Gasteiger partial charge is 0.224 e. The lowest BCUT2D eigenvalue weighted by Crippen LogP contribution is -2.13. The number of aryl methyl sites for hydroxylation is 1. The van der Waals surface area contributed by atoms with Crippen LogP contribution in [0.25, 0.3) is 0 Å². The summed E-state index contributed by atoms with van der Waals surface area (Å²) < 4.78 is 10.4. The molecule has 116 valence electrons. The summed E-state index contributed by atoms with van der Waals surface area (Å²) in [5, 5.41) is 2.85. The Morgan fingerprint density at radius 1 is 1.14 bits per heavy atom. The monoisotopic (exact) mass is 300 g/mol. The molecule has 0 aliphatic heterocycles. The van der Waals surface area contributed by atoms with Crippen LogP contribution in [0, 0.1) is 0 Å². The highest BCUT2D eigenvalue weighted by molar-refractivity contribution is 5.92. The number of benzene rings is 2. The van der Waals surface area contributed by atoms with E-state index in [9.17, 15) is 4.79 Å². The van der Waals surface area contributed by atoms with Gasteiger partial charge < -0.3 is 20.5 Å². The van der Waals surface area contributed by atoms with Crippen molar-refractivity contribution in [2.24, 2.45) is 0 Å². The molecule has 0 aliphatic carbocycles. The number of nitrogen functional groups attached to an aromatic ring is 1. The molecule has 0 saturated heterocycles. The van der Waals surface area contributed by atoms with Crippen LogP contribution in [-0.2, 0) is 11.2 Å². The third kappa shape index (κ3) is 4.15. The second-order valence-electron chi connectivity index (χ2n) is 4.86. The Morgan fingerprint density at radius 3 is 2.64 bits per heavy atom. The van der Waals surface area contributed by atoms with Gasteiger partial charge in [0.2, 0.25) is 5.91 Å². The molecule has 5 heteroatoms. The van der Waals surface area contributed by atoms with Crippen molar-refractivity contribution < 1.29 is 14.3 Å². The summed E-state index contributed by atoms with van der Waals surface area (Å²) in [5.41, 5.74) is 8.09. The number of ether oxygens (including phenoxy) is 2. The summed E-state index contributed by atoms with van der Waals surface area (Å²) >= 11 is 0. The Bertz CT molecular complexity index is 656. The van der Waals surface area contributed by atoms with Crippen LogP contribution in [-0.4, -0.2) is 20.1 Å². The van der Waals surface area contributed by atoms with E-state index >= 15 is 0 Å². The van der Waals surface area contributed by atoms with Gasteiger partial charge in [0.1, 0.15) is 11.5 Å². The third-order valence-corrected chi connectivity index (χ3v) is 3.27. The van der Waals surface area contributed by atoms with Crippen molar-refractivity contribution in [1.29, 1.82) is 0 Å². The van der Waals surface area contributed by atoms with Crippen molar-refractivity contribution in [3.05, 3.63) is 48.0 Å². The summed E-state index contributed by atoms with van der Waals surface area (Å²) in [5.74, 6) is 1.16. The molecule has 22 heavy (non-hydrogen) atoms. The van der Waals surface area contributed by atoms with Crippen molar-refractivity contribution >= 4 is 17.3 Å². The first kappa shape index (κ1) is 15.7. The fourth-order valence-corrected chi connectivity index (χ4v) is 2.12. The van der Waals surface area contributed by atoms with Crippen molar-refractivity contribution in [1.82, 2.24) is 0 Å². The molecule has 1 amide bonds. The summed E-state index contributed by atoms with van der Waals surface area (Å²) in [6.07, 6.45) is 1.01. The van der Waals surface area contributed by atoms with E-state index in [0.29, 0.717) is 35.7 Å². The van der Waals surface area contributed by atoms with Crippen molar-refractivity contribution in [2.45, 2.75) is 12.8 Å². The summed E-state index contributed by atoms with van der Waals surface area (Å²) in [6, 6.07) is 12.8. The number of anilines is 2. The van der Waals surface area contributed by atoms with Gasteiger partial charge in [-0.05, 0) is 36.2 Å². The van der Waals surface area contributed by atoms with Crippen LogP contribution in [0.1, 0.15) is 12.0 Å². The first-order valence-corrected chi connectivity index (χ1v) is 6.98. The topological polar surface area (TPSA) is 73.6 Å². The molecular formula is C17H20N2O3. The molecule has 0 saturated carbocycles. The Hall–Kier alpha value is -2.69. The second kappa shape index (κ2) is 7.36. The van der Waals surface area contributed by atoms with E-state index in [1.165, 1.54) is 0 Å². The molecule has 0 atom stereocenters. The van der Waals surface area contributed by atoms with E-state index in [2.05, 4.69) is 5.32 Å². The Balaban J connectivity index is 1.97. The molecule has 3 N–H and O–H groups in total. The molecule has 0 aromatic heterocycles. The molecule has 0 aliphatic rings. The summed E-state index contributed by atoms with van der Waals surface area (Å²) in [4.78, 5) is 12.1. The van der Waals surface area contributed by atoms with Gasteiger partial charge in [0.15, 0.2) is 0 Å². The van der Waals surface area contributed by atoms with Gasteiger partial charge in [0, 0.05) is 18.2 Å². The zero-order valence-corrected chi connectivity index (χ0v) is 12.8. The van der Waals surface area contributed by atoms with Gasteiger partial charge in [0.05, 0.1) is 19.9 Å². The Morgan fingerprint density at radius 2 is 1.95 bits per heavy atom. The highest BCUT2D eigenvalue weighted by atomic mass is 16.5. The maximum atomic E-state index is 12.1. The molecule has 0 radical (unpaired) electrons. The number of hydrogen-bond donors (Lipinski definition) is 2. The summed E-state index contributed by atoms with van der Waals surface area (Å²) in [7, 11) is 3.13. The van der Waals surface area contributed by atoms with Crippen LogP contribution >= 0.6 is 0 Å². The predicted octanol–water partition coefficient (Wildman–Crippen LogP) is 2.86. The number of methoxy groups -OCH3 is 2. The lowest BCUT2D eigenvalue weighted by atomic mass is 10.1. The minimum absolute atomic E-state index is 0.0779. The molecule has 2 rings (SSSR count). The van der Waals surface area contributed by atoms with Crippen LogP contribution in [0.2, 0.25) is 0 Å². The SMILES string of the molecule is COc1ccc(NC(=O)CCc2cccc(N)c2)c(OC)c1. The quantitative estimate of drug-likeness (QED) is 0.805. The number of nitrogens with two attached hydrogens (primary N) is 1. The second-order valence-corrected chi connectivity index (χ2v) is 4.86. The molecule has 0 heterocycles. The fraction of sp³-hybridized carbons (Fsp3) is 0.235. The number of carbonyl (C=O) groups is 1. The van der Waals surface area contributed by atoms with Crippen LogP contribution in [0.4, 0.5) is 11.4 Å². The van der Waals surface area contributed by atoms with E-state index in [1.807, 2.05) is 24.3 Å². The van der Waals surface area contributed by atoms with E-state index in [1.54, 1.807) is 32.4 Å². The Labute approximate surface area is 130 Å². The number of amides is 1. The normalized spacial score (nSPS) is 10.1. The van der Waals surface area contributed by atoms with Gasteiger partial charge >= 0.3 is 0 Å². The molecule has 5 nitrogen and oxygen atoms in total. The fourth-order valence-electron chi connectivity index (χ4n) is 2.12. The number of hydrogen-bond acceptors (Lipinski definition) is 4. The first-order chi connectivity index (χ1) is 10.6. The van der Waals surface area contributed by atoms with Crippen LogP contribution < -0.4 is 20.5 Å². The lowest BCUT2D eigenvalue weighted by molar-refractivity contribution is -0.116. The summed E-state index contributed by atoms with van der Waals surface area (Å²) in [6.45, 7) is 0. The van der Waals surface area contributed by atoms with Gasteiger partial charge in [-0.15, -0.1) is 0 Å². The molecule has 0 fully saturated rings. The minimum Gasteiger partial charge on any atom is -0.497 e. The number of nitrogens with one attached hydrogen (secondary N) is 1. The molecule has 0 bridgehead atoms. The van der Waals surface area contributed by atoms with Gasteiger partial charge in [-0.25, -0.2) is 0 Å². The molecule has 2 aromatic rings. The van der Waals surface area contributed by atoms with Crippen LogP contribution in [0.15, 0.2) is 42.5 Å². The maximum Gasteiger partial charge on any atom is 0.224 e. The minimum atomic E-state index is -0.0779. The van der Waals surface area contributed by atoms with Gasteiger partial charge in [-0.1, -0.05) is 12.1 Å². The van der Waals surface area contributed by atoms with Crippen molar-refractivity contribution in [3.8, 4) is 11.5 Å². The third-order valence-electron chi connectivity index (χ3n) is 3.27. The average Bonchev–Trinajstić information content (AvgIpc) is 2.53. The van der Waals surface area contributed by atoms with Crippen molar-refractivity contribution in [3.63, 3.8) is 0 Å². The molecule has 0 unspecified atom stereocenters. The Kier molecular flexibility index (Phi) is 5.25. The van der Waals surface area contributed by atoms with Gasteiger partial charge in [0.25, 0.3) is 0 Å². The number of carbonyl (C=O) groups excluding carboxylic acids is 1. The van der Waals surface area contributed by atoms with E-state index in [4.69, 9.17) is 15.2 Å². The zero-order valence-electron chi connectivity index (χ0n) is 12.8. The predicted molar refractivity (Wildman–Crippen MR) is 87.4 cm³/mol. The van der Waals surface area contributed by atoms with Crippen molar-refractivity contribution in [2.75, 3.05) is 25.3 Å². The van der Waals surface area contributed by atoms with E-state index in [0.717, 1.165) is 5.56 Å². The van der Waals surface area contributed by atoms with Crippen LogP contribution in [0.3, 0.4) is 0 Å². The molecule has 2 aromatic carbocycles. The van der Waals surface area contributed by atoms with E-state index in [-0.39, 0.29) is 5.91 Å². The maximum absolute atomic E-state index is 12.1. The first-order valence-electron chi connectivity index (χ1n) is 6.98. The van der Waals surface area contributed by atoms with Gasteiger partial charge in [-0.3, -0.25) is 4.79 Å². The lowest BCUT2D eigenvalue weighted by Gasteiger charge is -2.11. The average molecular weight is 300 g/mol. The molecular weight excluding hydrogens is 280 g/mol. The highest BCUT2D eigenvalue weighted by Crippen LogP contribution is 2.29.